The third-order valence-corrected chi connectivity index (χ3v) is 3.94. The summed E-state index contributed by atoms with van der Waals surface area (Å²) in [6.45, 7) is 3.54. The highest BCUT2D eigenvalue weighted by atomic mass is 19.4. The molecule has 1 aliphatic heterocycles. The van der Waals surface area contributed by atoms with Crippen LogP contribution < -0.4 is 5.32 Å². The molecule has 1 aliphatic rings. The zero-order chi connectivity index (χ0) is 15.5. The van der Waals surface area contributed by atoms with E-state index in [4.69, 9.17) is 9.47 Å². The number of halogens is 3. The van der Waals surface area contributed by atoms with Crippen LogP contribution in [0.1, 0.15) is 30.5 Å². The Hall–Kier alpha value is -1.11. The molecule has 2 rings (SSSR count). The Morgan fingerprint density at radius 3 is 2.76 bits per heavy atom. The summed E-state index contributed by atoms with van der Waals surface area (Å²) in [4.78, 5) is 0. The van der Waals surface area contributed by atoms with E-state index >= 15 is 0 Å². The van der Waals surface area contributed by atoms with Crippen LogP contribution in [0.5, 0.6) is 0 Å². The molecule has 2 unspecified atom stereocenters. The van der Waals surface area contributed by atoms with Crippen LogP contribution in [0.2, 0.25) is 0 Å². The first-order valence-corrected chi connectivity index (χ1v) is 6.90. The minimum atomic E-state index is -4.32. The average molecular weight is 303 g/mol. The van der Waals surface area contributed by atoms with Gasteiger partial charge in [0.2, 0.25) is 0 Å². The summed E-state index contributed by atoms with van der Waals surface area (Å²) in [6.07, 6.45) is -3.53. The van der Waals surface area contributed by atoms with Crippen molar-refractivity contribution in [1.29, 1.82) is 0 Å². The van der Waals surface area contributed by atoms with Crippen LogP contribution in [0, 0.1) is 0 Å². The molecule has 1 aromatic carbocycles. The van der Waals surface area contributed by atoms with Gasteiger partial charge >= 0.3 is 6.18 Å². The van der Waals surface area contributed by atoms with Crippen molar-refractivity contribution >= 4 is 0 Å². The summed E-state index contributed by atoms with van der Waals surface area (Å²) < 4.78 is 49.0. The molecule has 0 radical (unpaired) electrons. The second kappa shape index (κ2) is 6.34. The quantitative estimate of drug-likeness (QED) is 0.906. The lowest BCUT2D eigenvalue weighted by Crippen LogP contribution is -2.43. The van der Waals surface area contributed by atoms with Gasteiger partial charge in [-0.25, -0.2) is 0 Å². The number of alkyl halides is 3. The molecule has 1 heterocycles. The normalized spacial score (nSPS) is 24.2. The summed E-state index contributed by atoms with van der Waals surface area (Å²) in [5.74, 6) is 0. The summed E-state index contributed by atoms with van der Waals surface area (Å²) in [6, 6.07) is 5.19. The van der Waals surface area contributed by atoms with Crippen molar-refractivity contribution in [3.05, 3.63) is 35.4 Å². The Bertz CT molecular complexity index is 470. The maximum Gasteiger partial charge on any atom is 0.416 e. The van der Waals surface area contributed by atoms with Gasteiger partial charge < -0.3 is 14.8 Å². The average Bonchev–Trinajstić information content (AvgIpc) is 2.93. The monoisotopic (exact) mass is 303 g/mol. The van der Waals surface area contributed by atoms with E-state index in [9.17, 15) is 13.2 Å². The maximum absolute atomic E-state index is 12.7. The van der Waals surface area contributed by atoms with Crippen LogP contribution >= 0.6 is 0 Å². The van der Waals surface area contributed by atoms with Crippen molar-refractivity contribution < 1.29 is 22.6 Å². The molecule has 1 aromatic rings. The van der Waals surface area contributed by atoms with Crippen LogP contribution in [0.15, 0.2) is 24.3 Å². The summed E-state index contributed by atoms with van der Waals surface area (Å²) in [5, 5.41) is 3.24. The Morgan fingerprint density at radius 1 is 1.43 bits per heavy atom. The van der Waals surface area contributed by atoms with Crippen molar-refractivity contribution in [1.82, 2.24) is 5.32 Å². The van der Waals surface area contributed by atoms with E-state index in [1.165, 1.54) is 12.1 Å². The topological polar surface area (TPSA) is 30.5 Å². The lowest BCUT2D eigenvalue weighted by atomic mass is 10.0. The first kappa shape index (κ1) is 16.3. The molecule has 1 N–H and O–H groups in total. The molecule has 6 heteroatoms. The lowest BCUT2D eigenvalue weighted by Gasteiger charge is -2.28. The molecule has 118 valence electrons. The predicted octanol–water partition coefficient (Wildman–Crippen LogP) is 3.16. The Balaban J connectivity index is 2.02. The van der Waals surface area contributed by atoms with E-state index in [1.807, 2.05) is 6.92 Å². The minimum absolute atomic E-state index is 0.195. The van der Waals surface area contributed by atoms with Crippen molar-refractivity contribution in [2.24, 2.45) is 0 Å². The molecule has 1 fully saturated rings. The maximum atomic E-state index is 12.7. The number of ether oxygens (including phenoxy) is 2. The van der Waals surface area contributed by atoms with Crippen molar-refractivity contribution in [3.63, 3.8) is 0 Å². The van der Waals surface area contributed by atoms with E-state index in [2.05, 4.69) is 5.32 Å². The first-order valence-electron chi connectivity index (χ1n) is 6.90. The second-order valence-corrected chi connectivity index (χ2v) is 5.42. The van der Waals surface area contributed by atoms with E-state index in [1.54, 1.807) is 13.2 Å². The number of nitrogens with one attached hydrogen (secondary N) is 1. The molecule has 0 bridgehead atoms. The SMILES string of the molecule is COC1(CNC(C)c2cccc(C(F)(F)F)c2)CCOC1. The molecule has 21 heavy (non-hydrogen) atoms. The Kier molecular flexibility index (Phi) is 4.91. The fourth-order valence-corrected chi connectivity index (χ4v) is 2.40. The molecule has 0 spiro atoms. The smallest absolute Gasteiger partial charge is 0.378 e. The standard InChI is InChI=1S/C15H20F3NO2/c1-11(19-9-14(20-2)6-7-21-10-14)12-4-3-5-13(8-12)15(16,17)18/h3-5,8,11,19H,6-7,9-10H2,1-2H3. The highest BCUT2D eigenvalue weighted by Crippen LogP contribution is 2.31. The van der Waals surface area contributed by atoms with E-state index < -0.39 is 11.7 Å². The number of methoxy groups -OCH3 is 1. The zero-order valence-corrected chi connectivity index (χ0v) is 12.2. The fraction of sp³-hybridized carbons (Fsp3) is 0.600. The van der Waals surface area contributed by atoms with Crippen LogP contribution in [0.25, 0.3) is 0 Å². The van der Waals surface area contributed by atoms with Gasteiger partial charge in [0.25, 0.3) is 0 Å². The Labute approximate surface area is 122 Å². The van der Waals surface area contributed by atoms with Crippen LogP contribution in [-0.2, 0) is 15.7 Å². The number of rotatable bonds is 5. The largest absolute Gasteiger partial charge is 0.416 e. The molecule has 1 saturated heterocycles. The van der Waals surface area contributed by atoms with E-state index in [0.717, 1.165) is 12.5 Å². The highest BCUT2D eigenvalue weighted by Gasteiger charge is 2.35. The third-order valence-electron chi connectivity index (χ3n) is 3.94. The molecule has 0 aromatic heterocycles. The van der Waals surface area contributed by atoms with Gasteiger partial charge in [-0.3, -0.25) is 0 Å². The highest BCUT2D eigenvalue weighted by molar-refractivity contribution is 5.27. The molecular formula is C15H20F3NO2. The molecule has 0 aliphatic carbocycles. The molecule has 0 amide bonds. The van der Waals surface area contributed by atoms with Crippen molar-refractivity contribution in [3.8, 4) is 0 Å². The number of hydrogen-bond donors (Lipinski definition) is 1. The summed E-state index contributed by atoms with van der Waals surface area (Å²) >= 11 is 0. The van der Waals surface area contributed by atoms with Gasteiger partial charge in [-0.1, -0.05) is 12.1 Å². The fourth-order valence-electron chi connectivity index (χ4n) is 2.40. The molecule has 3 nitrogen and oxygen atoms in total. The van der Waals surface area contributed by atoms with Crippen molar-refractivity contribution in [2.75, 3.05) is 26.9 Å². The van der Waals surface area contributed by atoms with Gasteiger partial charge in [-0.2, -0.15) is 13.2 Å². The van der Waals surface area contributed by atoms with Crippen LogP contribution in [0.3, 0.4) is 0 Å². The first-order chi connectivity index (χ1) is 9.86. The zero-order valence-electron chi connectivity index (χ0n) is 12.2. The summed E-state index contributed by atoms with van der Waals surface area (Å²) in [5.41, 5.74) is -0.398. The minimum Gasteiger partial charge on any atom is -0.378 e. The van der Waals surface area contributed by atoms with Gasteiger partial charge in [0, 0.05) is 32.7 Å². The predicted molar refractivity (Wildman–Crippen MR) is 73.0 cm³/mol. The van der Waals surface area contributed by atoms with Crippen LogP contribution in [-0.4, -0.2) is 32.5 Å². The van der Waals surface area contributed by atoms with Gasteiger partial charge in [-0.05, 0) is 24.6 Å². The third kappa shape index (κ3) is 3.96. The number of benzene rings is 1. The Morgan fingerprint density at radius 2 is 2.19 bits per heavy atom. The van der Waals surface area contributed by atoms with Crippen LogP contribution in [0.4, 0.5) is 13.2 Å². The van der Waals surface area contributed by atoms with E-state index in [-0.39, 0.29) is 11.6 Å². The van der Waals surface area contributed by atoms with Crippen molar-refractivity contribution in [2.45, 2.75) is 31.2 Å². The second-order valence-electron chi connectivity index (χ2n) is 5.42. The van der Waals surface area contributed by atoms with Gasteiger partial charge in [0.15, 0.2) is 0 Å². The van der Waals surface area contributed by atoms with Gasteiger partial charge in [-0.15, -0.1) is 0 Å². The van der Waals surface area contributed by atoms with Gasteiger partial charge in [0.05, 0.1) is 12.2 Å². The summed E-state index contributed by atoms with van der Waals surface area (Å²) in [7, 11) is 1.63. The molecule has 2 atom stereocenters. The number of hydrogen-bond acceptors (Lipinski definition) is 3. The molecular weight excluding hydrogens is 283 g/mol. The van der Waals surface area contributed by atoms with E-state index in [0.29, 0.717) is 25.3 Å². The van der Waals surface area contributed by atoms with Gasteiger partial charge in [0.1, 0.15) is 5.60 Å². The molecule has 0 saturated carbocycles. The lowest BCUT2D eigenvalue weighted by molar-refractivity contribution is -0.137.